The molecule has 0 amide bonds. The van der Waals surface area contributed by atoms with Crippen LogP contribution in [-0.2, 0) is 21.7 Å². The molecule has 3 heterocycles. The Labute approximate surface area is 355 Å². The fourth-order valence-electron chi connectivity index (χ4n) is 8.04. The van der Waals surface area contributed by atoms with E-state index in [1.807, 2.05) is 24.5 Å². The van der Waals surface area contributed by atoms with Gasteiger partial charge in [0, 0.05) is 34.2 Å². The molecule has 0 spiro atoms. The van der Waals surface area contributed by atoms with Gasteiger partial charge in [-0.2, -0.15) is 4.98 Å². The number of phenolic OH excluding ortho intramolecular Hbond substituents is 1. The van der Waals surface area contributed by atoms with Crippen molar-refractivity contribution in [2.75, 3.05) is 0 Å². The molecule has 0 radical (unpaired) electrons. The third-order valence-corrected chi connectivity index (χ3v) is 11.6. The second-order valence-corrected chi connectivity index (χ2v) is 20.3. The van der Waals surface area contributed by atoms with Gasteiger partial charge in [0.1, 0.15) is 17.3 Å². The topological polar surface area (TPSA) is 65.1 Å². The zero-order valence-electron chi connectivity index (χ0n) is 37.3. The number of para-hydroxylation sites is 1. The zero-order valence-corrected chi connectivity index (χ0v) is 37.3. The molecule has 6 heteroatoms. The van der Waals surface area contributed by atoms with Crippen LogP contribution in [-0.4, -0.2) is 24.2 Å². The first-order valence-electron chi connectivity index (χ1n) is 21.0. The van der Waals surface area contributed by atoms with Crippen LogP contribution in [0.1, 0.15) is 105 Å². The summed E-state index contributed by atoms with van der Waals surface area (Å²) in [7, 11) is 0. The predicted molar refractivity (Wildman–Crippen MR) is 250 cm³/mol. The molecule has 5 aromatic carbocycles. The van der Waals surface area contributed by atoms with Gasteiger partial charge in [0.15, 0.2) is 5.82 Å². The lowest BCUT2D eigenvalue weighted by Gasteiger charge is -2.27. The molecule has 6 nitrogen and oxygen atoms in total. The average Bonchev–Trinajstić information content (AvgIpc) is 3.75. The number of ether oxygens (including phenoxy) is 1. The molecule has 8 aromatic rings. The van der Waals surface area contributed by atoms with Crippen molar-refractivity contribution in [3.8, 4) is 51.4 Å². The highest BCUT2D eigenvalue weighted by molar-refractivity contribution is 6.09. The summed E-state index contributed by atoms with van der Waals surface area (Å²) in [6.07, 6.45) is 3.86. The number of phenols is 1. The third kappa shape index (κ3) is 7.60. The second kappa shape index (κ2) is 14.5. The van der Waals surface area contributed by atoms with Crippen molar-refractivity contribution >= 4 is 21.8 Å². The normalized spacial score (nSPS) is 12.7. The number of aromatic hydroxyl groups is 1. The van der Waals surface area contributed by atoms with Gasteiger partial charge in [-0.1, -0.05) is 144 Å². The number of imidazole rings is 1. The van der Waals surface area contributed by atoms with Gasteiger partial charge in [0.2, 0.25) is 5.88 Å². The second-order valence-electron chi connectivity index (χ2n) is 20.3. The monoisotopic (exact) mass is 794 g/mol. The van der Waals surface area contributed by atoms with E-state index in [1.165, 1.54) is 11.1 Å². The molecular weight excluding hydrogens is 737 g/mol. The molecule has 3 aromatic heterocycles. The minimum Gasteiger partial charge on any atom is -0.507 e. The van der Waals surface area contributed by atoms with Crippen molar-refractivity contribution in [3.05, 3.63) is 150 Å². The van der Waals surface area contributed by atoms with Gasteiger partial charge in [-0.05, 0) is 92.4 Å². The molecule has 0 saturated heterocycles. The summed E-state index contributed by atoms with van der Waals surface area (Å²) >= 11 is 0. The Morgan fingerprint density at radius 2 is 1.18 bits per heavy atom. The van der Waals surface area contributed by atoms with Gasteiger partial charge in [-0.15, -0.1) is 0 Å². The molecule has 0 aliphatic rings. The van der Waals surface area contributed by atoms with Gasteiger partial charge in [-0.25, -0.2) is 4.98 Å². The van der Waals surface area contributed by atoms with E-state index in [4.69, 9.17) is 14.7 Å². The Morgan fingerprint density at radius 1 is 0.550 bits per heavy atom. The fraction of sp³-hybridized carbons (Fsp3) is 0.296. The first kappa shape index (κ1) is 40.6. The fourth-order valence-corrected chi connectivity index (χ4v) is 8.04. The SMILES string of the molecule is CC(C)(C)c1ccnc(-n2c3ccccc3c3ccc(Oc4cn(-c5ccc(C(C)(C)C)cc5-c5ccccc5)c(-c5cc(C(C)(C)C)cc(C(C)(C)C)c5O)n4)cc32)c1. The maximum atomic E-state index is 12.3. The van der Waals surface area contributed by atoms with E-state index in [0.29, 0.717) is 23.0 Å². The van der Waals surface area contributed by atoms with Gasteiger partial charge < -0.3 is 9.84 Å². The lowest BCUT2D eigenvalue weighted by atomic mass is 9.79. The average molecular weight is 795 g/mol. The number of rotatable bonds is 6. The Morgan fingerprint density at radius 3 is 1.87 bits per heavy atom. The van der Waals surface area contributed by atoms with E-state index in [9.17, 15) is 5.11 Å². The van der Waals surface area contributed by atoms with E-state index < -0.39 is 0 Å². The van der Waals surface area contributed by atoms with Crippen molar-refractivity contribution < 1.29 is 9.84 Å². The summed E-state index contributed by atoms with van der Waals surface area (Å²) < 4.78 is 11.1. The molecule has 0 aliphatic heterocycles. The molecule has 1 N–H and O–H groups in total. The molecule has 8 rings (SSSR count). The molecule has 306 valence electrons. The minimum absolute atomic E-state index is 0.0385. The number of fused-ring (bicyclic) bond motifs is 3. The number of benzene rings is 5. The molecule has 60 heavy (non-hydrogen) atoms. The van der Waals surface area contributed by atoms with Crippen molar-refractivity contribution in [1.29, 1.82) is 0 Å². The van der Waals surface area contributed by atoms with Crippen molar-refractivity contribution in [2.24, 2.45) is 0 Å². The summed E-state index contributed by atoms with van der Waals surface area (Å²) in [5, 5.41) is 14.5. The summed E-state index contributed by atoms with van der Waals surface area (Å²) in [4.78, 5) is 10.2. The lowest BCUT2D eigenvalue weighted by Crippen LogP contribution is -2.17. The van der Waals surface area contributed by atoms with Crippen LogP contribution in [0, 0.1) is 0 Å². The largest absolute Gasteiger partial charge is 0.507 e. The number of aromatic nitrogens is 4. The van der Waals surface area contributed by atoms with Crippen LogP contribution in [0.25, 0.3) is 55.8 Å². The number of hydrogen-bond donors (Lipinski definition) is 1. The van der Waals surface area contributed by atoms with Crippen molar-refractivity contribution in [2.45, 2.75) is 105 Å². The first-order valence-corrected chi connectivity index (χ1v) is 21.0. The summed E-state index contributed by atoms with van der Waals surface area (Å²) in [6.45, 7) is 26.4. The van der Waals surface area contributed by atoms with Crippen LogP contribution in [0.5, 0.6) is 17.4 Å². The number of hydrogen-bond acceptors (Lipinski definition) is 4. The summed E-state index contributed by atoms with van der Waals surface area (Å²) in [5.74, 6) is 2.73. The van der Waals surface area contributed by atoms with E-state index in [-0.39, 0.29) is 27.4 Å². The van der Waals surface area contributed by atoms with E-state index in [2.05, 4.69) is 195 Å². The maximum absolute atomic E-state index is 12.3. The van der Waals surface area contributed by atoms with Crippen LogP contribution in [0.3, 0.4) is 0 Å². The molecule has 0 bridgehead atoms. The van der Waals surface area contributed by atoms with Crippen LogP contribution < -0.4 is 4.74 Å². The minimum atomic E-state index is -0.324. The first-order chi connectivity index (χ1) is 28.2. The van der Waals surface area contributed by atoms with E-state index in [0.717, 1.165) is 55.6 Å². The molecular formula is C54H58N4O2. The predicted octanol–water partition coefficient (Wildman–Crippen LogP) is 14.4. The van der Waals surface area contributed by atoms with Crippen LogP contribution in [0.4, 0.5) is 0 Å². The maximum Gasteiger partial charge on any atom is 0.238 e. The summed E-state index contributed by atoms with van der Waals surface area (Å²) in [5.41, 5.74) is 9.61. The van der Waals surface area contributed by atoms with Gasteiger partial charge in [0.05, 0.1) is 28.5 Å². The van der Waals surface area contributed by atoms with Gasteiger partial charge in [0.25, 0.3) is 0 Å². The highest BCUT2D eigenvalue weighted by atomic mass is 16.5. The highest BCUT2D eigenvalue weighted by Crippen LogP contribution is 2.45. The lowest BCUT2D eigenvalue weighted by molar-refractivity contribution is 0.446. The Balaban J connectivity index is 1.36. The molecule has 0 atom stereocenters. The Kier molecular flexibility index (Phi) is 9.85. The van der Waals surface area contributed by atoms with E-state index in [1.54, 1.807) is 0 Å². The van der Waals surface area contributed by atoms with Gasteiger partial charge in [-0.3, -0.25) is 9.13 Å². The van der Waals surface area contributed by atoms with Gasteiger partial charge >= 0.3 is 0 Å². The van der Waals surface area contributed by atoms with Crippen LogP contribution >= 0.6 is 0 Å². The van der Waals surface area contributed by atoms with E-state index >= 15 is 0 Å². The number of pyridine rings is 1. The summed E-state index contributed by atoms with van der Waals surface area (Å²) in [6, 6.07) is 40.4. The molecule has 0 saturated carbocycles. The third-order valence-electron chi connectivity index (χ3n) is 11.6. The van der Waals surface area contributed by atoms with Crippen LogP contribution in [0.15, 0.2) is 128 Å². The molecule has 0 aliphatic carbocycles. The number of nitrogens with zero attached hydrogens (tertiary/aromatic N) is 4. The molecule has 0 unspecified atom stereocenters. The Hall–Kier alpha value is -6.14. The highest BCUT2D eigenvalue weighted by Gasteiger charge is 2.29. The standard InChI is InChI=1S/C54H58N4O2/c1-51(2,3)35-22-25-44(41(28-35)34-18-14-13-15-19-34)57-33-48(56-50(57)42-29-37(53(7,8)9)30-43(49(42)59)54(10,11)12)60-38-23-24-40-39-20-16-17-21-45(39)58(46(40)32-38)47-31-36(26-27-55-47)52(4,5)6/h13-33,59H,1-12H3. The quantitative estimate of drug-likeness (QED) is 0.182. The van der Waals surface area contributed by atoms with Crippen LogP contribution in [0.2, 0.25) is 0 Å². The smallest absolute Gasteiger partial charge is 0.238 e. The van der Waals surface area contributed by atoms with Crippen molar-refractivity contribution in [3.63, 3.8) is 0 Å². The van der Waals surface area contributed by atoms with Crippen molar-refractivity contribution in [1.82, 2.24) is 19.1 Å². The molecule has 0 fully saturated rings. The zero-order chi connectivity index (χ0) is 42.9. The Bertz CT molecular complexity index is 2890.